The van der Waals surface area contributed by atoms with Crippen molar-refractivity contribution in [2.75, 3.05) is 25.5 Å². The number of benzene rings is 1. The molecular weight excluding hydrogens is 283 g/mol. The van der Waals surface area contributed by atoms with Gasteiger partial charge >= 0.3 is 18.0 Å². The van der Waals surface area contributed by atoms with Crippen LogP contribution in [0, 0.1) is 5.82 Å². The van der Waals surface area contributed by atoms with Gasteiger partial charge in [0.25, 0.3) is 0 Å². The van der Waals surface area contributed by atoms with Crippen molar-refractivity contribution in [1.29, 1.82) is 0 Å². The first-order valence-electron chi connectivity index (χ1n) is 6.04. The number of anilines is 1. The summed E-state index contributed by atoms with van der Waals surface area (Å²) in [6, 6.07) is 2.19. The summed E-state index contributed by atoms with van der Waals surface area (Å²) in [5.41, 5.74) is -0.435. The number of carbonyl (C=O) groups excluding carboxylic acids is 2. The minimum absolute atomic E-state index is 0.184. The Hall–Kier alpha value is -2.64. The molecule has 1 aromatic rings. The molecule has 2 N–H and O–H groups in total. The minimum atomic E-state index is -1.30. The third-order valence-corrected chi connectivity index (χ3v) is 2.67. The number of nitrogens with one attached hydrogen (secondary N) is 1. The highest BCUT2D eigenvalue weighted by Gasteiger charge is 2.19. The molecular formula is C13H15FN2O5. The summed E-state index contributed by atoms with van der Waals surface area (Å²) in [6.07, 6.45) is 0. The summed E-state index contributed by atoms with van der Waals surface area (Å²) < 4.78 is 17.6. The first-order chi connectivity index (χ1) is 9.88. The van der Waals surface area contributed by atoms with Crippen LogP contribution in [0.5, 0.6) is 0 Å². The van der Waals surface area contributed by atoms with Crippen molar-refractivity contribution in [3.8, 4) is 0 Å². The second kappa shape index (κ2) is 7.22. The number of urea groups is 1. The highest BCUT2D eigenvalue weighted by atomic mass is 19.1. The fraction of sp³-hybridized carbons (Fsp3) is 0.308. The highest BCUT2D eigenvalue weighted by Crippen LogP contribution is 2.18. The molecule has 21 heavy (non-hydrogen) atoms. The normalized spacial score (nSPS) is 9.86. The number of halogens is 1. The lowest BCUT2D eigenvalue weighted by atomic mass is 10.2. The molecule has 1 rings (SSSR count). The molecule has 0 heterocycles. The Bertz CT molecular complexity index is 561. The average Bonchev–Trinajstić information content (AvgIpc) is 2.43. The maximum Gasteiger partial charge on any atom is 0.337 e. The fourth-order valence-corrected chi connectivity index (χ4v) is 1.55. The number of aromatic carboxylic acids is 1. The molecule has 0 spiro atoms. The zero-order chi connectivity index (χ0) is 16.0. The molecule has 2 amide bonds. The number of hydrogen-bond donors (Lipinski definition) is 2. The summed E-state index contributed by atoms with van der Waals surface area (Å²) in [6.45, 7) is 1.53. The van der Waals surface area contributed by atoms with E-state index in [1.54, 1.807) is 6.92 Å². The number of amides is 2. The van der Waals surface area contributed by atoms with E-state index < -0.39 is 23.8 Å². The van der Waals surface area contributed by atoms with Crippen LogP contribution in [0.4, 0.5) is 14.9 Å². The van der Waals surface area contributed by atoms with Gasteiger partial charge < -0.3 is 20.1 Å². The van der Waals surface area contributed by atoms with Crippen LogP contribution >= 0.6 is 0 Å². The van der Waals surface area contributed by atoms with Crippen LogP contribution in [-0.4, -0.2) is 48.2 Å². The van der Waals surface area contributed by atoms with E-state index in [-0.39, 0.29) is 24.3 Å². The molecule has 1 aromatic carbocycles. The molecule has 0 saturated heterocycles. The molecule has 0 bridgehead atoms. The van der Waals surface area contributed by atoms with Gasteiger partial charge in [-0.2, -0.15) is 0 Å². The van der Waals surface area contributed by atoms with Crippen LogP contribution in [0.15, 0.2) is 18.2 Å². The van der Waals surface area contributed by atoms with E-state index in [1.165, 1.54) is 7.11 Å². The number of esters is 1. The largest absolute Gasteiger partial charge is 0.478 e. The number of carbonyl (C=O) groups is 3. The number of rotatable bonds is 5. The smallest absolute Gasteiger partial charge is 0.337 e. The molecule has 7 nitrogen and oxygen atoms in total. The Balaban J connectivity index is 2.93. The maximum atomic E-state index is 13.2. The van der Waals surface area contributed by atoms with Crippen molar-refractivity contribution in [2.45, 2.75) is 6.92 Å². The molecule has 0 fully saturated rings. The van der Waals surface area contributed by atoms with Gasteiger partial charge in [0.05, 0.1) is 18.4 Å². The maximum absolute atomic E-state index is 13.2. The van der Waals surface area contributed by atoms with E-state index in [1.807, 2.05) is 0 Å². The topological polar surface area (TPSA) is 95.9 Å². The van der Waals surface area contributed by atoms with E-state index in [2.05, 4.69) is 10.1 Å². The van der Waals surface area contributed by atoms with Gasteiger partial charge in [-0.3, -0.25) is 4.79 Å². The zero-order valence-corrected chi connectivity index (χ0v) is 11.6. The number of carboxylic acid groups (broad SMARTS) is 1. The summed E-state index contributed by atoms with van der Waals surface area (Å²) in [5.74, 6) is -2.61. The highest BCUT2D eigenvalue weighted by molar-refractivity contribution is 6.00. The molecule has 0 aromatic heterocycles. The number of hydrogen-bond acceptors (Lipinski definition) is 4. The van der Waals surface area contributed by atoms with Crippen molar-refractivity contribution in [3.05, 3.63) is 29.6 Å². The SMILES string of the molecule is CCN(CC(=O)OC)C(=O)Nc1cc(F)ccc1C(=O)O. The van der Waals surface area contributed by atoms with E-state index in [0.29, 0.717) is 0 Å². The lowest BCUT2D eigenvalue weighted by molar-refractivity contribution is -0.141. The predicted octanol–water partition coefficient (Wildman–Crippen LogP) is 1.55. The van der Waals surface area contributed by atoms with Crippen LogP contribution in [0.1, 0.15) is 17.3 Å². The van der Waals surface area contributed by atoms with Crippen molar-refractivity contribution in [2.24, 2.45) is 0 Å². The van der Waals surface area contributed by atoms with Crippen molar-refractivity contribution < 1.29 is 28.6 Å². The van der Waals surface area contributed by atoms with Crippen molar-refractivity contribution >= 4 is 23.7 Å². The van der Waals surface area contributed by atoms with Gasteiger partial charge in [0, 0.05) is 6.54 Å². The van der Waals surface area contributed by atoms with Gasteiger partial charge in [-0.15, -0.1) is 0 Å². The molecule has 0 aliphatic heterocycles. The number of nitrogens with zero attached hydrogens (tertiary/aromatic N) is 1. The Labute approximate surface area is 120 Å². The molecule has 8 heteroatoms. The van der Waals surface area contributed by atoms with Gasteiger partial charge in [-0.1, -0.05) is 0 Å². The van der Waals surface area contributed by atoms with E-state index in [9.17, 15) is 18.8 Å². The van der Waals surface area contributed by atoms with E-state index in [4.69, 9.17) is 5.11 Å². The molecule has 0 atom stereocenters. The second-order valence-electron chi connectivity index (χ2n) is 4.02. The number of carboxylic acids is 1. The van der Waals surface area contributed by atoms with Crippen molar-refractivity contribution in [3.63, 3.8) is 0 Å². The molecule has 0 unspecified atom stereocenters. The van der Waals surface area contributed by atoms with Crippen LogP contribution in [-0.2, 0) is 9.53 Å². The first-order valence-corrected chi connectivity index (χ1v) is 6.04. The second-order valence-corrected chi connectivity index (χ2v) is 4.02. The predicted molar refractivity (Wildman–Crippen MR) is 71.6 cm³/mol. The standard InChI is InChI=1S/C13H15FN2O5/c1-3-16(7-11(17)21-2)13(20)15-10-6-8(14)4-5-9(10)12(18)19/h4-6H,3,7H2,1-2H3,(H,15,20)(H,18,19). The third-order valence-electron chi connectivity index (χ3n) is 2.67. The minimum Gasteiger partial charge on any atom is -0.478 e. The Kier molecular flexibility index (Phi) is 5.65. The number of methoxy groups -OCH3 is 1. The molecule has 0 radical (unpaired) electrons. The van der Waals surface area contributed by atoms with Crippen LogP contribution in [0.25, 0.3) is 0 Å². The van der Waals surface area contributed by atoms with E-state index in [0.717, 1.165) is 23.1 Å². The average molecular weight is 298 g/mol. The molecule has 0 aliphatic rings. The quantitative estimate of drug-likeness (QED) is 0.804. The van der Waals surface area contributed by atoms with E-state index >= 15 is 0 Å². The summed E-state index contributed by atoms with van der Waals surface area (Å²) in [4.78, 5) is 35.3. The number of ether oxygens (including phenoxy) is 1. The van der Waals surface area contributed by atoms with Gasteiger partial charge in [0.2, 0.25) is 0 Å². The summed E-state index contributed by atoms with van der Waals surface area (Å²) >= 11 is 0. The fourth-order valence-electron chi connectivity index (χ4n) is 1.55. The Morgan fingerprint density at radius 3 is 2.57 bits per heavy atom. The first kappa shape index (κ1) is 16.4. The Morgan fingerprint density at radius 2 is 2.05 bits per heavy atom. The van der Waals surface area contributed by atoms with Crippen LogP contribution < -0.4 is 5.32 Å². The molecule has 0 saturated carbocycles. The zero-order valence-electron chi connectivity index (χ0n) is 11.6. The third kappa shape index (κ3) is 4.44. The van der Waals surface area contributed by atoms with Crippen molar-refractivity contribution in [1.82, 2.24) is 4.90 Å². The number of likely N-dealkylation sites (N-methyl/N-ethyl adjacent to an activating group) is 1. The molecule has 114 valence electrons. The van der Waals surface area contributed by atoms with Crippen LogP contribution in [0.3, 0.4) is 0 Å². The monoisotopic (exact) mass is 298 g/mol. The molecule has 0 aliphatic carbocycles. The van der Waals surface area contributed by atoms with Gasteiger partial charge in [-0.25, -0.2) is 14.0 Å². The van der Waals surface area contributed by atoms with Crippen LogP contribution in [0.2, 0.25) is 0 Å². The van der Waals surface area contributed by atoms with Gasteiger partial charge in [-0.05, 0) is 25.1 Å². The summed E-state index contributed by atoms with van der Waals surface area (Å²) in [5, 5.41) is 11.3. The lowest BCUT2D eigenvalue weighted by Gasteiger charge is -2.20. The summed E-state index contributed by atoms with van der Waals surface area (Å²) in [7, 11) is 1.18. The Morgan fingerprint density at radius 1 is 1.38 bits per heavy atom. The lowest BCUT2D eigenvalue weighted by Crippen LogP contribution is -2.39. The van der Waals surface area contributed by atoms with Gasteiger partial charge in [0.15, 0.2) is 0 Å². The van der Waals surface area contributed by atoms with Gasteiger partial charge in [0.1, 0.15) is 12.4 Å².